The molecular weight excluding hydrogens is 540 g/mol. The highest BCUT2D eigenvalue weighted by Gasteiger charge is 2.80. The molecule has 11 unspecified atom stereocenters. The summed E-state index contributed by atoms with van der Waals surface area (Å²) in [7, 11) is 0. The van der Waals surface area contributed by atoms with Gasteiger partial charge in [0.15, 0.2) is 6.29 Å². The van der Waals surface area contributed by atoms with Crippen LogP contribution in [0.25, 0.3) is 0 Å². The van der Waals surface area contributed by atoms with Crippen LogP contribution in [0.15, 0.2) is 0 Å². The molecule has 2 spiro atoms. The monoisotopic (exact) mass is 596 g/mol. The molecule has 7 nitrogen and oxygen atoms in total. The maximum atomic E-state index is 12.8. The van der Waals surface area contributed by atoms with Crippen molar-refractivity contribution in [1.82, 2.24) is 4.90 Å². The normalized spacial score (nSPS) is 49.6. The van der Waals surface area contributed by atoms with E-state index in [0.29, 0.717) is 78.5 Å². The number of ether oxygens (including phenoxy) is 3. The quantitative estimate of drug-likeness (QED) is 0.400. The largest absolute Gasteiger partial charge is 0.375 e. The van der Waals surface area contributed by atoms with Crippen molar-refractivity contribution in [3.05, 3.63) is 0 Å². The summed E-state index contributed by atoms with van der Waals surface area (Å²) in [6, 6.07) is 0. The Morgan fingerprint density at radius 3 is 2.53 bits per heavy atom. The van der Waals surface area contributed by atoms with E-state index in [2.05, 4.69) is 20.8 Å². The summed E-state index contributed by atoms with van der Waals surface area (Å²) in [5.41, 5.74) is 6.98. The highest BCUT2D eigenvalue weighted by atomic mass is 16.7. The molecule has 2 saturated heterocycles. The first-order valence-corrected chi connectivity index (χ1v) is 18.0. The van der Waals surface area contributed by atoms with E-state index in [1.165, 1.54) is 64.2 Å². The zero-order valence-corrected chi connectivity index (χ0v) is 27.0. The SMILES string of the molecule is CC1(C)C(OC2CN(C(=O)CC3CC3)CCO2)CCC23CC24CCC2(C)C5CCC(CCC(N)=O)OC5CC2C4CCC13. The van der Waals surface area contributed by atoms with Crippen LogP contribution in [0.5, 0.6) is 0 Å². The van der Waals surface area contributed by atoms with Crippen LogP contribution in [0, 0.1) is 51.2 Å². The molecule has 0 bridgehead atoms. The lowest BCUT2D eigenvalue weighted by atomic mass is 9.46. The molecule has 240 valence electrons. The maximum absolute atomic E-state index is 12.8. The molecule has 8 fully saturated rings. The first kappa shape index (κ1) is 29.2. The van der Waals surface area contributed by atoms with Crippen molar-refractivity contribution in [2.24, 2.45) is 57.0 Å². The van der Waals surface area contributed by atoms with Crippen molar-refractivity contribution < 1.29 is 23.8 Å². The molecule has 8 rings (SSSR count). The third-order valence-corrected chi connectivity index (χ3v) is 15.2. The van der Waals surface area contributed by atoms with Gasteiger partial charge < -0.3 is 24.8 Å². The molecule has 7 heteroatoms. The smallest absolute Gasteiger partial charge is 0.223 e. The number of hydrogen-bond donors (Lipinski definition) is 1. The minimum Gasteiger partial charge on any atom is -0.375 e. The van der Waals surface area contributed by atoms with Crippen LogP contribution in [0.1, 0.15) is 117 Å². The lowest BCUT2D eigenvalue weighted by Gasteiger charge is -2.60. The average Bonchev–Trinajstić information content (AvgIpc) is 3.89. The van der Waals surface area contributed by atoms with Gasteiger partial charge in [-0.3, -0.25) is 9.59 Å². The summed E-state index contributed by atoms with van der Waals surface area (Å²) in [6.07, 6.45) is 17.7. The Labute approximate surface area is 258 Å². The fourth-order valence-corrected chi connectivity index (χ4v) is 12.9. The number of rotatable bonds is 7. The van der Waals surface area contributed by atoms with E-state index in [4.69, 9.17) is 19.9 Å². The minimum absolute atomic E-state index is 0.109. The maximum Gasteiger partial charge on any atom is 0.223 e. The highest BCUT2D eigenvalue weighted by molar-refractivity contribution is 5.76. The van der Waals surface area contributed by atoms with Gasteiger partial charge in [0.05, 0.1) is 31.5 Å². The van der Waals surface area contributed by atoms with Crippen LogP contribution in [-0.4, -0.2) is 61.0 Å². The first-order chi connectivity index (χ1) is 20.6. The number of hydrogen-bond acceptors (Lipinski definition) is 5. The molecule has 2 amide bonds. The Kier molecular flexibility index (Phi) is 6.91. The average molecular weight is 597 g/mol. The number of primary amides is 1. The summed E-state index contributed by atoms with van der Waals surface area (Å²) in [6.45, 7) is 9.49. The van der Waals surface area contributed by atoms with Gasteiger partial charge in [-0.2, -0.15) is 0 Å². The second-order valence-electron chi connectivity index (χ2n) is 17.3. The Morgan fingerprint density at radius 2 is 1.74 bits per heavy atom. The van der Waals surface area contributed by atoms with Crippen LogP contribution in [-0.2, 0) is 23.8 Å². The van der Waals surface area contributed by atoms with Crippen molar-refractivity contribution in [2.45, 2.75) is 142 Å². The molecule has 6 aliphatic carbocycles. The van der Waals surface area contributed by atoms with Crippen LogP contribution in [0.4, 0.5) is 0 Å². The third-order valence-electron chi connectivity index (χ3n) is 15.2. The van der Waals surface area contributed by atoms with Crippen molar-refractivity contribution in [1.29, 1.82) is 0 Å². The molecular formula is C36H56N2O5. The van der Waals surface area contributed by atoms with Crippen molar-refractivity contribution in [3.63, 3.8) is 0 Å². The number of carbonyl (C=O) groups excluding carboxylic acids is 2. The Balaban J connectivity index is 0.943. The van der Waals surface area contributed by atoms with Crippen LogP contribution < -0.4 is 5.73 Å². The van der Waals surface area contributed by atoms with Gasteiger partial charge in [-0.25, -0.2) is 0 Å². The van der Waals surface area contributed by atoms with Crippen LogP contribution in [0.3, 0.4) is 0 Å². The number of morpholine rings is 1. The van der Waals surface area contributed by atoms with Gasteiger partial charge >= 0.3 is 0 Å². The van der Waals surface area contributed by atoms with Crippen molar-refractivity contribution in [2.75, 3.05) is 19.7 Å². The predicted molar refractivity (Wildman–Crippen MR) is 163 cm³/mol. The second-order valence-corrected chi connectivity index (χ2v) is 17.3. The molecule has 0 radical (unpaired) electrons. The summed E-state index contributed by atoms with van der Waals surface area (Å²) in [5.74, 6) is 3.70. The van der Waals surface area contributed by atoms with E-state index in [0.717, 1.165) is 31.1 Å². The van der Waals surface area contributed by atoms with Crippen molar-refractivity contribution in [3.8, 4) is 0 Å². The van der Waals surface area contributed by atoms with Gasteiger partial charge in [-0.05, 0) is 135 Å². The topological polar surface area (TPSA) is 91.1 Å². The zero-order chi connectivity index (χ0) is 29.8. The van der Waals surface area contributed by atoms with E-state index in [1.54, 1.807) is 0 Å². The standard InChI is InChI=1S/C36H56N2O5/c1-33(2)28-10-9-24-26-19-27-25(8-6-23(42-27)7-11-30(37)39)34(26,3)14-15-35(24)21-36(28,35)13-12-29(33)43-32-20-38(16-17-41-32)31(40)18-22-4-5-22/h22-29,32H,4-21H2,1-3H3,(H2,37,39). The number of carbonyl (C=O) groups is 2. The van der Waals surface area contributed by atoms with E-state index >= 15 is 0 Å². The van der Waals surface area contributed by atoms with Gasteiger partial charge in [-0.1, -0.05) is 20.8 Å². The van der Waals surface area contributed by atoms with Gasteiger partial charge in [0, 0.05) is 19.4 Å². The molecule has 2 N–H and O–H groups in total. The summed E-state index contributed by atoms with van der Waals surface area (Å²) < 4.78 is 19.7. The molecule has 0 aromatic rings. The van der Waals surface area contributed by atoms with Gasteiger partial charge in [0.2, 0.25) is 11.8 Å². The second kappa shape index (κ2) is 10.2. The highest BCUT2D eigenvalue weighted by Crippen LogP contribution is 2.87. The molecule has 2 aliphatic heterocycles. The molecule has 8 aliphatic rings. The van der Waals surface area contributed by atoms with Gasteiger partial charge in [0.1, 0.15) is 0 Å². The predicted octanol–water partition coefficient (Wildman–Crippen LogP) is 5.83. The minimum atomic E-state index is -0.288. The summed E-state index contributed by atoms with van der Waals surface area (Å²) >= 11 is 0. The molecule has 6 saturated carbocycles. The molecule has 2 heterocycles. The lowest BCUT2D eigenvalue weighted by Crippen LogP contribution is -2.56. The molecule has 0 aromatic carbocycles. The van der Waals surface area contributed by atoms with E-state index in [1.807, 2.05) is 4.90 Å². The Morgan fingerprint density at radius 1 is 0.930 bits per heavy atom. The summed E-state index contributed by atoms with van der Waals surface area (Å²) in [4.78, 5) is 26.2. The fraction of sp³-hybridized carbons (Fsp3) is 0.944. The Bertz CT molecular complexity index is 1140. The van der Waals surface area contributed by atoms with E-state index < -0.39 is 0 Å². The fourth-order valence-electron chi connectivity index (χ4n) is 12.9. The first-order valence-electron chi connectivity index (χ1n) is 18.0. The number of nitrogens with two attached hydrogens (primary N) is 1. The van der Waals surface area contributed by atoms with Crippen LogP contribution >= 0.6 is 0 Å². The zero-order valence-electron chi connectivity index (χ0n) is 27.0. The third kappa shape index (κ3) is 4.51. The number of fused-ring (bicyclic) bond motifs is 4. The molecule has 0 aromatic heterocycles. The van der Waals surface area contributed by atoms with E-state index in [9.17, 15) is 9.59 Å². The molecule has 11 atom stereocenters. The van der Waals surface area contributed by atoms with Crippen molar-refractivity contribution >= 4 is 11.8 Å². The van der Waals surface area contributed by atoms with Crippen LogP contribution in [0.2, 0.25) is 0 Å². The summed E-state index contributed by atoms with van der Waals surface area (Å²) in [5, 5.41) is 0. The number of nitrogens with zero attached hydrogens (tertiary/aromatic N) is 1. The van der Waals surface area contributed by atoms with E-state index in [-0.39, 0.29) is 29.8 Å². The Hall–Kier alpha value is -1.18. The van der Waals surface area contributed by atoms with Gasteiger partial charge in [-0.15, -0.1) is 0 Å². The van der Waals surface area contributed by atoms with Gasteiger partial charge in [0.25, 0.3) is 0 Å². The number of amides is 2. The molecule has 43 heavy (non-hydrogen) atoms. The lowest BCUT2D eigenvalue weighted by molar-refractivity contribution is -0.244.